The van der Waals surface area contributed by atoms with E-state index in [1.807, 2.05) is 0 Å². The summed E-state index contributed by atoms with van der Waals surface area (Å²) in [7, 11) is 0. The Morgan fingerprint density at radius 1 is 1.33 bits per heavy atom. The molecule has 2 rings (SSSR count). The molecule has 1 atom stereocenters. The Labute approximate surface area is 73.7 Å². The molecule has 0 heterocycles. The number of hydrogen-bond donors (Lipinski definition) is 1. The molecule has 1 unspecified atom stereocenters. The van der Waals surface area contributed by atoms with E-state index in [1.54, 1.807) is 0 Å². The standard InChI is InChI=1S/C10H17NO/c1-7(8-3-2-4-8)11-10(12)9-5-6-9/h7-9H,2-6H2,1H3,(H,11,12). The fourth-order valence-electron chi connectivity index (χ4n) is 1.75. The first-order valence-electron chi connectivity index (χ1n) is 5.08. The Hall–Kier alpha value is -0.530. The number of hydrogen-bond acceptors (Lipinski definition) is 1. The first-order valence-corrected chi connectivity index (χ1v) is 5.08. The van der Waals surface area contributed by atoms with Crippen molar-refractivity contribution in [1.29, 1.82) is 0 Å². The van der Waals surface area contributed by atoms with E-state index in [4.69, 9.17) is 0 Å². The zero-order chi connectivity index (χ0) is 8.55. The molecule has 0 aromatic rings. The van der Waals surface area contributed by atoms with Gasteiger partial charge in [0.2, 0.25) is 5.91 Å². The highest BCUT2D eigenvalue weighted by Gasteiger charge is 2.32. The summed E-state index contributed by atoms with van der Waals surface area (Å²) in [5, 5.41) is 3.10. The molecule has 12 heavy (non-hydrogen) atoms. The molecule has 2 saturated carbocycles. The summed E-state index contributed by atoms with van der Waals surface area (Å²) >= 11 is 0. The van der Waals surface area contributed by atoms with E-state index in [9.17, 15) is 4.79 Å². The molecule has 0 aliphatic heterocycles. The average molecular weight is 167 g/mol. The van der Waals surface area contributed by atoms with E-state index in [1.165, 1.54) is 19.3 Å². The Bertz CT molecular complexity index is 182. The molecule has 1 N–H and O–H groups in total. The second-order valence-corrected chi connectivity index (χ2v) is 4.26. The van der Waals surface area contributed by atoms with Gasteiger partial charge < -0.3 is 5.32 Å². The number of carbonyl (C=O) groups excluding carboxylic acids is 1. The van der Waals surface area contributed by atoms with Gasteiger partial charge in [-0.15, -0.1) is 0 Å². The third-order valence-corrected chi connectivity index (χ3v) is 3.18. The molecule has 0 bridgehead atoms. The summed E-state index contributed by atoms with van der Waals surface area (Å²) in [5.74, 6) is 1.44. The van der Waals surface area contributed by atoms with Crippen LogP contribution in [-0.2, 0) is 4.79 Å². The lowest BCUT2D eigenvalue weighted by molar-refractivity contribution is -0.123. The monoisotopic (exact) mass is 167 g/mol. The van der Waals surface area contributed by atoms with Crippen LogP contribution in [0, 0.1) is 11.8 Å². The predicted molar refractivity (Wildman–Crippen MR) is 47.7 cm³/mol. The Kier molecular flexibility index (Phi) is 2.07. The van der Waals surface area contributed by atoms with Gasteiger partial charge in [-0.05, 0) is 38.5 Å². The van der Waals surface area contributed by atoms with Crippen LogP contribution in [0.3, 0.4) is 0 Å². The van der Waals surface area contributed by atoms with Crippen LogP contribution in [-0.4, -0.2) is 11.9 Å². The van der Waals surface area contributed by atoms with Gasteiger partial charge in [0.1, 0.15) is 0 Å². The third kappa shape index (κ3) is 1.62. The molecule has 0 radical (unpaired) electrons. The summed E-state index contributed by atoms with van der Waals surface area (Å²) in [5.41, 5.74) is 0. The Balaban J connectivity index is 1.73. The Morgan fingerprint density at radius 2 is 2.00 bits per heavy atom. The zero-order valence-corrected chi connectivity index (χ0v) is 7.68. The Morgan fingerprint density at radius 3 is 2.42 bits per heavy atom. The molecule has 2 nitrogen and oxygen atoms in total. The van der Waals surface area contributed by atoms with Crippen molar-refractivity contribution in [2.75, 3.05) is 0 Å². The maximum absolute atomic E-state index is 11.3. The van der Waals surface area contributed by atoms with E-state index in [2.05, 4.69) is 12.2 Å². The highest BCUT2D eigenvalue weighted by Crippen LogP contribution is 2.32. The van der Waals surface area contributed by atoms with Crippen LogP contribution in [0.5, 0.6) is 0 Å². The van der Waals surface area contributed by atoms with Crippen LogP contribution >= 0.6 is 0 Å². The van der Waals surface area contributed by atoms with Crippen LogP contribution in [0.2, 0.25) is 0 Å². The van der Waals surface area contributed by atoms with Gasteiger partial charge in [-0.3, -0.25) is 4.79 Å². The molecular weight excluding hydrogens is 150 g/mol. The molecule has 2 aliphatic carbocycles. The van der Waals surface area contributed by atoms with Crippen molar-refractivity contribution in [2.24, 2.45) is 11.8 Å². The van der Waals surface area contributed by atoms with Crippen molar-refractivity contribution >= 4 is 5.91 Å². The smallest absolute Gasteiger partial charge is 0.223 e. The first kappa shape index (κ1) is 8.09. The highest BCUT2D eigenvalue weighted by molar-refractivity contribution is 5.81. The number of rotatable bonds is 3. The summed E-state index contributed by atoms with van der Waals surface area (Å²) in [4.78, 5) is 11.3. The van der Waals surface area contributed by atoms with Crippen molar-refractivity contribution in [1.82, 2.24) is 5.32 Å². The summed E-state index contributed by atoms with van der Waals surface area (Å²) in [6.45, 7) is 2.14. The zero-order valence-electron chi connectivity index (χ0n) is 7.68. The van der Waals surface area contributed by atoms with E-state index >= 15 is 0 Å². The number of nitrogens with one attached hydrogen (secondary N) is 1. The average Bonchev–Trinajstić information content (AvgIpc) is 2.61. The topological polar surface area (TPSA) is 29.1 Å². The van der Waals surface area contributed by atoms with Crippen molar-refractivity contribution < 1.29 is 4.79 Å². The predicted octanol–water partition coefficient (Wildman–Crippen LogP) is 1.70. The summed E-state index contributed by atoms with van der Waals surface area (Å²) < 4.78 is 0. The maximum Gasteiger partial charge on any atom is 0.223 e. The van der Waals surface area contributed by atoms with Crippen LogP contribution in [0.1, 0.15) is 39.0 Å². The van der Waals surface area contributed by atoms with Crippen LogP contribution in [0.25, 0.3) is 0 Å². The van der Waals surface area contributed by atoms with E-state index in [0.29, 0.717) is 17.9 Å². The molecule has 2 fully saturated rings. The molecule has 68 valence electrons. The van der Waals surface area contributed by atoms with Gasteiger partial charge in [0.15, 0.2) is 0 Å². The minimum Gasteiger partial charge on any atom is -0.353 e. The first-order chi connectivity index (χ1) is 5.77. The van der Waals surface area contributed by atoms with Gasteiger partial charge in [0, 0.05) is 12.0 Å². The second kappa shape index (κ2) is 3.08. The largest absolute Gasteiger partial charge is 0.353 e. The van der Waals surface area contributed by atoms with Gasteiger partial charge in [-0.2, -0.15) is 0 Å². The van der Waals surface area contributed by atoms with Gasteiger partial charge in [0.25, 0.3) is 0 Å². The molecule has 1 amide bonds. The highest BCUT2D eigenvalue weighted by atomic mass is 16.2. The lowest BCUT2D eigenvalue weighted by Gasteiger charge is -2.31. The molecule has 2 heteroatoms. The minimum absolute atomic E-state index is 0.300. The van der Waals surface area contributed by atoms with Crippen molar-refractivity contribution in [3.63, 3.8) is 0 Å². The van der Waals surface area contributed by atoms with E-state index in [0.717, 1.165) is 18.8 Å². The van der Waals surface area contributed by atoms with Crippen molar-refractivity contribution in [3.05, 3.63) is 0 Å². The third-order valence-electron chi connectivity index (χ3n) is 3.18. The quantitative estimate of drug-likeness (QED) is 0.681. The lowest BCUT2D eigenvalue weighted by atomic mass is 9.80. The molecular formula is C10H17NO. The van der Waals surface area contributed by atoms with Crippen LogP contribution in [0.15, 0.2) is 0 Å². The molecule has 0 aromatic carbocycles. The maximum atomic E-state index is 11.3. The van der Waals surface area contributed by atoms with Gasteiger partial charge >= 0.3 is 0 Å². The van der Waals surface area contributed by atoms with Gasteiger partial charge in [-0.25, -0.2) is 0 Å². The second-order valence-electron chi connectivity index (χ2n) is 4.26. The van der Waals surface area contributed by atoms with Crippen LogP contribution < -0.4 is 5.32 Å². The SMILES string of the molecule is CC(NC(=O)C1CC1)C1CCC1. The molecule has 0 saturated heterocycles. The molecule has 2 aliphatic rings. The lowest BCUT2D eigenvalue weighted by Crippen LogP contribution is -2.41. The van der Waals surface area contributed by atoms with E-state index in [-0.39, 0.29) is 0 Å². The van der Waals surface area contributed by atoms with Gasteiger partial charge in [0.05, 0.1) is 0 Å². The molecule has 0 spiro atoms. The van der Waals surface area contributed by atoms with Crippen LogP contribution in [0.4, 0.5) is 0 Å². The minimum atomic E-state index is 0.300. The van der Waals surface area contributed by atoms with Crippen molar-refractivity contribution in [2.45, 2.75) is 45.1 Å². The van der Waals surface area contributed by atoms with E-state index < -0.39 is 0 Å². The fraction of sp³-hybridized carbons (Fsp3) is 0.900. The normalized spacial score (nSPS) is 26.1. The van der Waals surface area contributed by atoms with Crippen molar-refractivity contribution in [3.8, 4) is 0 Å². The fourth-order valence-corrected chi connectivity index (χ4v) is 1.75. The summed E-state index contributed by atoms with van der Waals surface area (Å²) in [6.07, 6.45) is 6.21. The van der Waals surface area contributed by atoms with Gasteiger partial charge in [-0.1, -0.05) is 6.42 Å². The number of amides is 1. The molecule has 0 aromatic heterocycles. The number of carbonyl (C=O) groups is 1. The summed E-state index contributed by atoms with van der Waals surface area (Å²) in [6, 6.07) is 0.423.